The monoisotopic (exact) mass is 1540 g/mol. The number of aliphatic hydroxyl groups excluding tert-OH is 19. The summed E-state index contributed by atoms with van der Waals surface area (Å²) in [5, 5.41) is 239. The van der Waals surface area contributed by atoms with Gasteiger partial charge in [0.2, 0.25) is 0 Å². The zero-order valence-corrected chi connectivity index (χ0v) is 57.2. The minimum atomic E-state index is -2.31. The maximum Gasteiger partial charge on any atom is 0.321 e. The van der Waals surface area contributed by atoms with E-state index in [-0.39, 0.29) is 62.3 Å². The number of hydrogen-bond donors (Lipinski definition) is 22. The molecular formula is C59H97NO41S2. The molecule has 21 fully saturated rings. The number of likely N-dealkylation sites (N-methyl/N-ethyl adjacent to an activating group) is 1. The van der Waals surface area contributed by atoms with Crippen LogP contribution in [0.3, 0.4) is 0 Å². The van der Waals surface area contributed by atoms with E-state index in [1.165, 1.54) is 14.0 Å². The summed E-state index contributed by atoms with van der Waals surface area (Å²) in [5.41, 5.74) is 0. The minimum Gasteiger partial charge on any atom is -0.481 e. The van der Waals surface area contributed by atoms with Crippen molar-refractivity contribution in [3.8, 4) is 0 Å². The van der Waals surface area contributed by atoms with Gasteiger partial charge in [0, 0.05) is 42.3 Å². The number of aliphatic hydroxyl groups is 19. The van der Waals surface area contributed by atoms with Crippen LogP contribution in [0.1, 0.15) is 26.2 Å². The van der Waals surface area contributed by atoms with Crippen molar-refractivity contribution in [1.82, 2.24) is 5.32 Å². The molecule has 21 aliphatic rings. The van der Waals surface area contributed by atoms with Crippen LogP contribution in [0.25, 0.3) is 0 Å². The van der Waals surface area contributed by atoms with Crippen LogP contribution in [-0.2, 0) is 95.0 Å². The molecule has 596 valence electrons. The molecule has 22 N–H and O–H groups in total. The number of carboxylic acid groups (broad SMARTS) is 2. The Morgan fingerprint density at radius 2 is 0.602 bits per heavy atom. The lowest BCUT2D eigenvalue weighted by Crippen LogP contribution is -2.68. The molecule has 0 amide bonds. The topological polar surface area (TPSA) is 653 Å². The molecule has 0 aliphatic carbocycles. The molecule has 14 bridgehead atoms. The van der Waals surface area contributed by atoms with Crippen molar-refractivity contribution in [2.75, 3.05) is 89.5 Å². The van der Waals surface area contributed by atoms with E-state index in [0.717, 1.165) is 23.5 Å². The lowest BCUT2D eigenvalue weighted by Gasteiger charge is -2.50. The predicted octanol–water partition coefficient (Wildman–Crippen LogP) is -13.0. The first-order valence-corrected chi connectivity index (χ1v) is 35.5. The lowest BCUT2D eigenvalue weighted by atomic mass is 9.95. The van der Waals surface area contributed by atoms with Gasteiger partial charge in [0.1, 0.15) is 176 Å². The number of carboxylic acids is 2. The molecule has 15 unspecified atom stereocenters. The second-order valence-corrected chi connectivity index (χ2v) is 27.9. The molecule has 103 heavy (non-hydrogen) atoms. The number of carbonyl (C=O) groups is 4. The number of aliphatic carboxylic acids is 2. The number of hydrogen-bond acceptors (Lipinski definition) is 42. The first kappa shape index (κ1) is 86.1. The number of rotatable bonds is 27. The van der Waals surface area contributed by atoms with Gasteiger partial charge in [-0.1, -0.05) is 0 Å². The minimum absolute atomic E-state index is 0.0645. The molecule has 0 aromatic heterocycles. The van der Waals surface area contributed by atoms with Gasteiger partial charge in [-0.3, -0.25) is 19.2 Å². The molecule has 21 aliphatic heterocycles. The van der Waals surface area contributed by atoms with Crippen LogP contribution in [0.4, 0.5) is 0 Å². The Morgan fingerprint density at radius 3 is 0.845 bits per heavy atom. The molecule has 0 radical (unpaired) electrons. The van der Waals surface area contributed by atoms with Crippen LogP contribution >= 0.6 is 23.5 Å². The second-order valence-electron chi connectivity index (χ2n) is 25.7. The van der Waals surface area contributed by atoms with Crippen molar-refractivity contribution in [1.29, 1.82) is 0 Å². The van der Waals surface area contributed by atoms with Crippen LogP contribution < -0.4 is 5.32 Å². The first-order valence-electron chi connectivity index (χ1n) is 33.2. The summed E-state index contributed by atoms with van der Waals surface area (Å²) in [7, 11) is 1.35. The fourth-order valence-corrected chi connectivity index (χ4v) is 15.0. The molecule has 0 saturated carbocycles. The predicted molar refractivity (Wildman–Crippen MR) is 332 cm³/mol. The zero-order chi connectivity index (χ0) is 75.4. The maximum absolute atomic E-state index is 13.0. The number of ether oxygens (including phenoxy) is 16. The van der Waals surface area contributed by atoms with Gasteiger partial charge in [-0.15, -0.1) is 0 Å². The van der Waals surface area contributed by atoms with Crippen molar-refractivity contribution < 1.29 is 202 Å². The van der Waals surface area contributed by atoms with Crippen LogP contribution in [0.5, 0.6) is 0 Å². The van der Waals surface area contributed by atoms with Gasteiger partial charge in [0.25, 0.3) is 0 Å². The van der Waals surface area contributed by atoms with Gasteiger partial charge in [-0.25, -0.2) is 0 Å². The highest BCUT2D eigenvalue weighted by molar-refractivity contribution is 7.99. The molecule has 0 spiro atoms. The smallest absolute Gasteiger partial charge is 0.321 e. The van der Waals surface area contributed by atoms with Gasteiger partial charge in [0.15, 0.2) is 44.0 Å². The molecule has 42 nitrogen and oxygen atoms in total. The largest absolute Gasteiger partial charge is 0.481 e. The fourth-order valence-electron chi connectivity index (χ4n) is 12.6. The summed E-state index contributed by atoms with van der Waals surface area (Å²) in [6, 6.07) is -1.18. The highest BCUT2D eigenvalue weighted by Gasteiger charge is 2.60. The normalized spacial score (nSPS) is 44.9. The summed E-state index contributed by atoms with van der Waals surface area (Å²) in [4.78, 5) is 48.7. The number of ketones is 2. The van der Waals surface area contributed by atoms with E-state index < -0.39 is 290 Å². The van der Waals surface area contributed by atoms with E-state index in [1.807, 2.05) is 0 Å². The van der Waals surface area contributed by atoms with Crippen LogP contribution in [0.2, 0.25) is 0 Å². The number of thioether (sulfide) groups is 2. The van der Waals surface area contributed by atoms with Crippen molar-refractivity contribution in [2.45, 2.75) is 247 Å². The average molecular weight is 1540 g/mol. The van der Waals surface area contributed by atoms with E-state index in [4.69, 9.17) is 75.8 Å². The third-order valence-corrected chi connectivity index (χ3v) is 20.9. The molecule has 37 atom stereocenters. The zero-order valence-electron chi connectivity index (χ0n) is 55.5. The fraction of sp³-hybridized carbons (Fsp3) is 0.932. The van der Waals surface area contributed by atoms with Gasteiger partial charge in [0.05, 0.1) is 77.6 Å². The molecule has 21 rings (SSSR count). The Labute approximate surface area is 595 Å². The van der Waals surface area contributed by atoms with E-state index in [0.29, 0.717) is 0 Å². The Balaban J connectivity index is 1.08. The Bertz CT molecular complexity index is 2610. The summed E-state index contributed by atoms with van der Waals surface area (Å²) < 4.78 is 93.3. The lowest BCUT2D eigenvalue weighted by molar-refractivity contribution is -0.395. The third-order valence-electron chi connectivity index (χ3n) is 18.6. The SMILES string of the molecule is CN[C@H](CSCC1O[C@H]2O[C@@H]3C(CO)O[C@H](O[C@@H]4C(CO)O[C@H](O[C@@H]5C(CO)O[C@H](OC6C(CSC[C@@H](CC(=O)CCOCCOCCC(C)=O)C(=O)O)O[C@H](O[C@@H]7C(CO)O[C@@H](O[C@@H]8C(CO)O[C@@H](O[C@H]1[C@H](O)C2O)C(O)[C@H]8O)C(O)[C@H]7O)C(O)[C@@H]6O)C(O)[C@H]5O)C(O)[C@H]4O)C(O)[C@H]3O)C(=O)O. The van der Waals surface area contributed by atoms with E-state index in [9.17, 15) is 126 Å². The van der Waals surface area contributed by atoms with Gasteiger partial charge >= 0.3 is 11.9 Å². The molecule has 21 heterocycles. The summed E-state index contributed by atoms with van der Waals surface area (Å²) >= 11 is 1.66. The Kier molecular flexibility index (Phi) is 33.4. The maximum atomic E-state index is 13.0. The molecule has 21 saturated heterocycles. The highest BCUT2D eigenvalue weighted by Crippen LogP contribution is 2.40. The second kappa shape index (κ2) is 40.0. The van der Waals surface area contributed by atoms with Gasteiger partial charge in [-0.05, 0) is 14.0 Å². The third kappa shape index (κ3) is 21.0. The highest BCUT2D eigenvalue weighted by atomic mass is 32.2. The number of Topliss-reactive ketones (excluding diaryl/α,β-unsaturated/α-hetero) is 2. The van der Waals surface area contributed by atoms with Gasteiger partial charge in [-0.2, -0.15) is 23.5 Å². The summed E-state index contributed by atoms with van der Waals surface area (Å²) in [6.07, 6.45) is -73.1. The van der Waals surface area contributed by atoms with E-state index >= 15 is 0 Å². The Hall–Kier alpha value is -2.46. The van der Waals surface area contributed by atoms with Crippen LogP contribution in [0.15, 0.2) is 0 Å². The molecule has 44 heteroatoms. The van der Waals surface area contributed by atoms with Crippen LogP contribution in [0, 0.1) is 5.92 Å². The van der Waals surface area contributed by atoms with Crippen molar-refractivity contribution in [2.24, 2.45) is 5.92 Å². The quantitative estimate of drug-likeness (QED) is 0.0340. The summed E-state index contributed by atoms with van der Waals surface area (Å²) in [6.45, 7) is -3.91. The Morgan fingerprint density at radius 1 is 0.350 bits per heavy atom. The van der Waals surface area contributed by atoms with Crippen LogP contribution in [-0.4, -0.2) is 441 Å². The average Bonchev–Trinajstić information content (AvgIpc) is 0.785. The standard InChI is InChI=1S/C59H97NO41S2/c1-19(66)3-5-86-7-8-87-6-4-21(67)9-20(51(82)83)15-102-17-28-49-35(73)42(80)58(93-28)98-47-26(13-64)89-55(38(76)31(47)69)97-46-25(12-63)92-57(41(79)34(46)72)101-50-29(18-103-16-22(60-2)52(84)85)94-59(43(81)36(50)74)99-48-27(14-65)90-54(39(77)32(48)70)95-44-23(10-61)88-53(37(75)30(44)68)96-45-24(11-62)91-56(100-49)40(78)33(45)71/h20,22-50,53-65,68-81H,3-18H2,1-2H3,(H,82,83)(H,84,85)/t20-,22-,23?,24?,25?,26?,27?,28?,29?,30-,31-,32-,33-,34-,35+,36-,37?,38?,39?,40?,41?,42?,43?,44-,45-,46-,47-,48-,49?,50-,53-,54-,55+,56-,57+,58-,59+/m1/s1. The first-order chi connectivity index (χ1) is 49.0. The van der Waals surface area contributed by atoms with E-state index in [2.05, 4.69) is 5.32 Å². The molecular weight excluding hydrogens is 1440 g/mol. The van der Waals surface area contributed by atoms with Crippen molar-refractivity contribution >= 4 is 47.0 Å². The summed E-state index contributed by atoms with van der Waals surface area (Å²) in [5.74, 6) is -6.08. The molecule has 0 aromatic rings. The number of nitrogens with one attached hydrogen (secondary N) is 1. The van der Waals surface area contributed by atoms with E-state index in [1.54, 1.807) is 0 Å². The van der Waals surface area contributed by atoms with Crippen molar-refractivity contribution in [3.63, 3.8) is 0 Å². The molecule has 0 aromatic carbocycles. The van der Waals surface area contributed by atoms with Crippen molar-refractivity contribution in [3.05, 3.63) is 0 Å². The van der Waals surface area contributed by atoms with Gasteiger partial charge < -0.3 is 188 Å². The number of carbonyl (C=O) groups excluding carboxylic acids is 2.